The van der Waals surface area contributed by atoms with Gasteiger partial charge in [0.05, 0.1) is 39.9 Å². The molecule has 11 nitrogen and oxygen atoms in total. The number of hydrogen-bond donors (Lipinski definition) is 2. The van der Waals surface area contributed by atoms with Crippen molar-refractivity contribution in [2.24, 2.45) is 10.5 Å². The molecule has 246 valence electrons. The molecule has 3 aromatic rings. The third-order valence-corrected chi connectivity index (χ3v) is 8.66. The van der Waals surface area contributed by atoms with E-state index in [4.69, 9.17) is 24.5 Å². The van der Waals surface area contributed by atoms with Gasteiger partial charge in [-0.15, -0.1) is 0 Å². The largest absolute Gasteiger partial charge is 0.508 e. The zero-order valence-electron chi connectivity index (χ0n) is 28.0. The number of nitriles is 1. The Bertz CT molecular complexity index is 1550. The Morgan fingerprint density at radius 1 is 0.913 bits per heavy atom. The quantitative estimate of drug-likeness (QED) is 0.0877. The Balaban J connectivity index is 1.78. The first-order chi connectivity index (χ1) is 22.1. The number of benzene rings is 3. The highest BCUT2D eigenvalue weighted by molar-refractivity contribution is 5.49. The Hall–Kier alpha value is -4.62. The fourth-order valence-electron chi connectivity index (χ4n) is 5.81. The number of aromatic hydroxyl groups is 1. The number of ether oxygens (including phenoxy) is 4. The molecule has 0 spiro atoms. The van der Waals surface area contributed by atoms with Crippen LogP contribution < -0.4 is 24.3 Å². The molecular formula is C35H46N6O5. The van der Waals surface area contributed by atoms with Crippen LogP contribution >= 0.6 is 0 Å². The van der Waals surface area contributed by atoms with Crippen LogP contribution in [0.4, 0.5) is 5.69 Å². The van der Waals surface area contributed by atoms with Crippen LogP contribution in [0.3, 0.4) is 0 Å². The van der Waals surface area contributed by atoms with Gasteiger partial charge in [0.2, 0.25) is 0 Å². The van der Waals surface area contributed by atoms with E-state index in [9.17, 15) is 10.4 Å². The topological polar surface area (TPSA) is 145 Å². The highest BCUT2D eigenvalue weighted by Crippen LogP contribution is 2.47. The first-order valence-electron chi connectivity index (χ1n) is 15.2. The van der Waals surface area contributed by atoms with Crippen LogP contribution in [0.15, 0.2) is 59.7 Å². The number of azide groups is 1. The standard InChI is InChI=1S/C35H46N6O5/c1-34(2,24-38-22-26-10-12-28(39-40-37)21-29(26)42)35(23-36,27-11-14-31(44-5)33(20-27)46-7)16-8-17-41(3)18-15-25-9-13-30(43-4)32(19-25)45-6/h9-14,19-21,38,42H,8,15-18,22,24H2,1-7H3. The van der Waals surface area contributed by atoms with Crippen molar-refractivity contribution in [3.05, 3.63) is 81.7 Å². The average Bonchev–Trinajstić information content (AvgIpc) is 3.06. The Labute approximate surface area is 272 Å². The fourth-order valence-corrected chi connectivity index (χ4v) is 5.81. The van der Waals surface area contributed by atoms with Gasteiger partial charge in [0.15, 0.2) is 23.0 Å². The number of phenols is 1. The second kappa shape index (κ2) is 16.6. The van der Waals surface area contributed by atoms with Gasteiger partial charge in [-0.1, -0.05) is 43.2 Å². The molecule has 0 saturated heterocycles. The number of hydrogen-bond acceptors (Lipinski definition) is 9. The van der Waals surface area contributed by atoms with Gasteiger partial charge in [-0.2, -0.15) is 5.26 Å². The summed E-state index contributed by atoms with van der Waals surface area (Å²) in [7, 11) is 8.55. The van der Waals surface area contributed by atoms with Crippen molar-refractivity contribution < 1.29 is 24.1 Å². The van der Waals surface area contributed by atoms with Gasteiger partial charge in [-0.05, 0) is 85.3 Å². The summed E-state index contributed by atoms with van der Waals surface area (Å²) in [5, 5.41) is 28.4. The summed E-state index contributed by atoms with van der Waals surface area (Å²) in [5.41, 5.74) is 10.3. The minimum absolute atomic E-state index is 0.0396. The van der Waals surface area contributed by atoms with Gasteiger partial charge in [-0.3, -0.25) is 0 Å². The van der Waals surface area contributed by atoms with Crippen molar-refractivity contribution in [3.63, 3.8) is 0 Å². The molecule has 0 saturated carbocycles. The van der Waals surface area contributed by atoms with E-state index in [0.717, 1.165) is 37.1 Å². The summed E-state index contributed by atoms with van der Waals surface area (Å²) in [6, 6.07) is 19.2. The molecule has 0 radical (unpaired) electrons. The molecule has 0 aliphatic carbocycles. The van der Waals surface area contributed by atoms with E-state index in [1.54, 1.807) is 40.6 Å². The molecule has 3 rings (SSSR count). The number of likely N-dealkylation sites (N-methyl/N-ethyl adjacent to an activating group) is 1. The van der Waals surface area contributed by atoms with Gasteiger partial charge < -0.3 is 34.3 Å². The van der Waals surface area contributed by atoms with Crippen LogP contribution in [0.5, 0.6) is 28.7 Å². The molecule has 0 bridgehead atoms. The summed E-state index contributed by atoms with van der Waals surface area (Å²) in [5.74, 6) is 2.63. The molecular weight excluding hydrogens is 584 g/mol. The molecule has 0 aliphatic heterocycles. The molecule has 2 N–H and O–H groups in total. The molecule has 0 amide bonds. The molecule has 1 atom stereocenters. The third-order valence-electron chi connectivity index (χ3n) is 8.66. The number of phenolic OH excluding ortho intramolecular Hbond substituents is 1. The Morgan fingerprint density at radius 2 is 1.57 bits per heavy atom. The van der Waals surface area contributed by atoms with Gasteiger partial charge in [0.25, 0.3) is 0 Å². The summed E-state index contributed by atoms with van der Waals surface area (Å²) >= 11 is 0. The van der Waals surface area contributed by atoms with Crippen molar-refractivity contribution in [3.8, 4) is 34.8 Å². The van der Waals surface area contributed by atoms with E-state index >= 15 is 0 Å². The second-order valence-corrected chi connectivity index (χ2v) is 11.9. The zero-order chi connectivity index (χ0) is 33.7. The lowest BCUT2D eigenvalue weighted by molar-refractivity contribution is 0.183. The maximum absolute atomic E-state index is 10.9. The smallest absolute Gasteiger partial charge is 0.161 e. The lowest BCUT2D eigenvalue weighted by Crippen LogP contribution is -2.47. The summed E-state index contributed by atoms with van der Waals surface area (Å²) in [6.45, 7) is 6.69. The third kappa shape index (κ3) is 8.55. The van der Waals surface area contributed by atoms with Crippen molar-refractivity contribution in [1.82, 2.24) is 10.2 Å². The molecule has 0 aromatic heterocycles. The summed E-state index contributed by atoms with van der Waals surface area (Å²) < 4.78 is 21.9. The molecule has 1 unspecified atom stereocenters. The van der Waals surface area contributed by atoms with E-state index in [1.165, 1.54) is 6.07 Å². The van der Waals surface area contributed by atoms with E-state index in [1.807, 2.05) is 30.3 Å². The predicted molar refractivity (Wildman–Crippen MR) is 179 cm³/mol. The van der Waals surface area contributed by atoms with Gasteiger partial charge >= 0.3 is 0 Å². The van der Waals surface area contributed by atoms with Gasteiger partial charge in [-0.25, -0.2) is 0 Å². The van der Waals surface area contributed by atoms with Crippen molar-refractivity contribution >= 4 is 5.69 Å². The summed E-state index contributed by atoms with van der Waals surface area (Å²) in [4.78, 5) is 5.05. The SMILES string of the molecule is COc1ccc(CCN(C)CCCC(C#N)(c2ccc(OC)c(OC)c2)C(C)(C)CNCc2ccc(N=[N+]=[N-])cc2O)cc1OC. The summed E-state index contributed by atoms with van der Waals surface area (Å²) in [6.07, 6.45) is 2.25. The molecule has 0 heterocycles. The van der Waals surface area contributed by atoms with E-state index in [-0.39, 0.29) is 5.75 Å². The number of nitrogens with one attached hydrogen (secondary N) is 1. The zero-order valence-corrected chi connectivity index (χ0v) is 28.0. The van der Waals surface area contributed by atoms with Crippen LogP contribution in [-0.2, 0) is 18.4 Å². The number of methoxy groups -OCH3 is 4. The second-order valence-electron chi connectivity index (χ2n) is 11.9. The first kappa shape index (κ1) is 35.9. The minimum atomic E-state index is -0.878. The average molecular weight is 631 g/mol. The number of nitrogens with zero attached hydrogens (tertiary/aromatic N) is 5. The first-order valence-corrected chi connectivity index (χ1v) is 15.2. The van der Waals surface area contributed by atoms with E-state index in [0.29, 0.717) is 53.8 Å². The Morgan fingerprint density at radius 3 is 2.17 bits per heavy atom. The number of rotatable bonds is 18. The van der Waals surface area contributed by atoms with Crippen molar-refractivity contribution in [2.45, 2.75) is 45.1 Å². The lowest BCUT2D eigenvalue weighted by atomic mass is 9.60. The van der Waals surface area contributed by atoms with Crippen LogP contribution in [0.2, 0.25) is 0 Å². The van der Waals surface area contributed by atoms with Crippen LogP contribution in [-0.4, -0.2) is 65.1 Å². The predicted octanol–water partition coefficient (Wildman–Crippen LogP) is 6.90. The normalized spacial score (nSPS) is 12.5. The van der Waals surface area contributed by atoms with Crippen molar-refractivity contribution in [2.75, 3.05) is 55.1 Å². The molecule has 46 heavy (non-hydrogen) atoms. The minimum Gasteiger partial charge on any atom is -0.508 e. The highest BCUT2D eigenvalue weighted by Gasteiger charge is 2.46. The molecule has 11 heteroatoms. The van der Waals surface area contributed by atoms with Gasteiger partial charge in [0.1, 0.15) is 5.75 Å². The highest BCUT2D eigenvalue weighted by atomic mass is 16.5. The fraction of sp³-hybridized carbons (Fsp3) is 0.457. The van der Waals surface area contributed by atoms with E-state index in [2.05, 4.69) is 53.3 Å². The molecule has 0 aliphatic rings. The van der Waals surface area contributed by atoms with Gasteiger partial charge in [0, 0.05) is 35.8 Å². The van der Waals surface area contributed by atoms with E-state index < -0.39 is 10.8 Å². The van der Waals surface area contributed by atoms with Crippen LogP contribution in [0.25, 0.3) is 10.4 Å². The lowest BCUT2D eigenvalue weighted by Gasteiger charge is -2.43. The monoisotopic (exact) mass is 630 g/mol. The van der Waals surface area contributed by atoms with Crippen LogP contribution in [0, 0.1) is 16.7 Å². The van der Waals surface area contributed by atoms with Crippen molar-refractivity contribution in [1.29, 1.82) is 5.26 Å². The molecule has 0 fully saturated rings. The van der Waals surface area contributed by atoms with Crippen LogP contribution in [0.1, 0.15) is 43.4 Å². The Kier molecular flexibility index (Phi) is 13.0. The molecule has 3 aromatic carbocycles. The maximum atomic E-state index is 10.9. The maximum Gasteiger partial charge on any atom is 0.161 e.